The Hall–Kier alpha value is -1.27. The molecule has 0 saturated carbocycles. The minimum Gasteiger partial charge on any atom is -0.497 e. The van der Waals surface area contributed by atoms with E-state index in [9.17, 15) is 8.42 Å². The molecular formula is C12H19NO4S. The van der Waals surface area contributed by atoms with Crippen molar-refractivity contribution in [2.45, 2.75) is 13.8 Å². The van der Waals surface area contributed by atoms with Crippen LogP contribution in [-0.2, 0) is 10.0 Å². The van der Waals surface area contributed by atoms with Crippen LogP contribution < -0.4 is 9.46 Å². The van der Waals surface area contributed by atoms with Gasteiger partial charge >= 0.3 is 0 Å². The van der Waals surface area contributed by atoms with Gasteiger partial charge in [0, 0.05) is 18.1 Å². The first-order chi connectivity index (χ1) is 8.28. The second-order valence-corrected chi connectivity index (χ2v) is 6.64. The number of nitrogens with one attached hydrogen (secondary N) is 1. The highest BCUT2D eigenvalue weighted by atomic mass is 32.2. The summed E-state index contributed by atoms with van der Waals surface area (Å²) in [5, 5.41) is 9.09. The van der Waals surface area contributed by atoms with E-state index in [0.29, 0.717) is 11.4 Å². The van der Waals surface area contributed by atoms with E-state index in [4.69, 9.17) is 9.84 Å². The van der Waals surface area contributed by atoms with Crippen molar-refractivity contribution in [2.75, 3.05) is 24.2 Å². The topological polar surface area (TPSA) is 75.6 Å². The fraction of sp³-hybridized carbons (Fsp3) is 0.500. The fourth-order valence-electron chi connectivity index (χ4n) is 1.46. The molecule has 102 valence electrons. The molecule has 0 bridgehead atoms. The van der Waals surface area contributed by atoms with Crippen LogP contribution in [0.4, 0.5) is 5.69 Å². The van der Waals surface area contributed by atoms with Crippen LogP contribution in [0.15, 0.2) is 24.3 Å². The molecule has 5 nitrogen and oxygen atoms in total. The van der Waals surface area contributed by atoms with E-state index in [-0.39, 0.29) is 12.4 Å². The number of aliphatic hydroxyl groups excluding tert-OH is 1. The molecule has 0 fully saturated rings. The molecule has 0 radical (unpaired) electrons. The molecule has 0 amide bonds. The third-order valence-electron chi connectivity index (χ3n) is 2.35. The predicted octanol–water partition coefficient (Wildman–Crippen LogP) is 1.46. The van der Waals surface area contributed by atoms with Crippen molar-refractivity contribution in [2.24, 2.45) is 5.41 Å². The van der Waals surface area contributed by atoms with E-state index in [1.807, 2.05) is 0 Å². The molecule has 1 aromatic carbocycles. The van der Waals surface area contributed by atoms with E-state index < -0.39 is 15.4 Å². The average Bonchev–Trinajstić information content (AvgIpc) is 2.27. The zero-order valence-electron chi connectivity index (χ0n) is 10.8. The van der Waals surface area contributed by atoms with Crippen LogP contribution in [0.2, 0.25) is 0 Å². The van der Waals surface area contributed by atoms with E-state index in [1.165, 1.54) is 7.11 Å². The number of anilines is 1. The largest absolute Gasteiger partial charge is 0.497 e. The Morgan fingerprint density at radius 3 is 2.61 bits per heavy atom. The van der Waals surface area contributed by atoms with E-state index >= 15 is 0 Å². The molecule has 0 aliphatic heterocycles. The SMILES string of the molecule is COc1cccc(NS(=O)(=O)CC(C)(C)CO)c1. The Kier molecular flexibility index (Phi) is 4.59. The zero-order chi connectivity index (χ0) is 13.8. The molecule has 18 heavy (non-hydrogen) atoms. The molecule has 0 atom stereocenters. The lowest BCUT2D eigenvalue weighted by Crippen LogP contribution is -2.31. The zero-order valence-corrected chi connectivity index (χ0v) is 11.6. The molecule has 0 saturated heterocycles. The molecule has 2 N–H and O–H groups in total. The summed E-state index contributed by atoms with van der Waals surface area (Å²) in [5.41, 5.74) is -0.229. The smallest absolute Gasteiger partial charge is 0.233 e. The van der Waals surface area contributed by atoms with Gasteiger partial charge in [-0.15, -0.1) is 0 Å². The summed E-state index contributed by atoms with van der Waals surface area (Å²) in [6, 6.07) is 6.68. The van der Waals surface area contributed by atoms with Gasteiger partial charge in [-0.25, -0.2) is 8.42 Å². The molecule has 0 aliphatic carbocycles. The number of benzene rings is 1. The van der Waals surface area contributed by atoms with Gasteiger partial charge in [0.05, 0.1) is 18.6 Å². The van der Waals surface area contributed by atoms with Crippen molar-refractivity contribution >= 4 is 15.7 Å². The Bertz CT molecular complexity index is 497. The van der Waals surface area contributed by atoms with Crippen LogP contribution in [0, 0.1) is 5.41 Å². The maximum atomic E-state index is 11.9. The third kappa shape index (κ3) is 4.54. The number of hydrogen-bond donors (Lipinski definition) is 2. The second kappa shape index (κ2) is 5.58. The molecule has 1 rings (SSSR count). The maximum absolute atomic E-state index is 11.9. The molecular weight excluding hydrogens is 254 g/mol. The highest BCUT2D eigenvalue weighted by Crippen LogP contribution is 2.21. The highest BCUT2D eigenvalue weighted by molar-refractivity contribution is 7.92. The van der Waals surface area contributed by atoms with Crippen molar-refractivity contribution in [3.8, 4) is 5.75 Å². The first-order valence-electron chi connectivity index (χ1n) is 5.53. The second-order valence-electron chi connectivity index (χ2n) is 4.92. The van der Waals surface area contributed by atoms with Gasteiger partial charge in [-0.2, -0.15) is 0 Å². The average molecular weight is 273 g/mol. The van der Waals surface area contributed by atoms with Gasteiger partial charge in [-0.05, 0) is 12.1 Å². The minimum absolute atomic E-state index is 0.145. The van der Waals surface area contributed by atoms with Crippen molar-refractivity contribution in [1.82, 2.24) is 0 Å². The van der Waals surface area contributed by atoms with Crippen molar-refractivity contribution in [1.29, 1.82) is 0 Å². The lowest BCUT2D eigenvalue weighted by molar-refractivity contribution is 0.179. The number of ether oxygens (including phenoxy) is 1. The summed E-state index contributed by atoms with van der Waals surface area (Å²) < 4.78 is 31.3. The Morgan fingerprint density at radius 2 is 2.06 bits per heavy atom. The highest BCUT2D eigenvalue weighted by Gasteiger charge is 2.25. The lowest BCUT2D eigenvalue weighted by atomic mass is 9.98. The molecule has 0 aliphatic rings. The number of methoxy groups -OCH3 is 1. The number of aliphatic hydroxyl groups is 1. The van der Waals surface area contributed by atoms with Crippen molar-refractivity contribution in [3.63, 3.8) is 0 Å². The Balaban J connectivity index is 2.82. The molecule has 0 heterocycles. The van der Waals surface area contributed by atoms with E-state index in [2.05, 4.69) is 4.72 Å². The molecule has 1 aromatic rings. The minimum atomic E-state index is -3.49. The standard InChI is InChI=1S/C12H19NO4S/c1-12(2,8-14)9-18(15,16)13-10-5-4-6-11(7-10)17-3/h4-7,13-14H,8-9H2,1-3H3. The van der Waals surface area contributed by atoms with Gasteiger partial charge in [0.15, 0.2) is 0 Å². The summed E-state index contributed by atoms with van der Waals surface area (Å²) in [5.74, 6) is 0.435. The maximum Gasteiger partial charge on any atom is 0.233 e. The lowest BCUT2D eigenvalue weighted by Gasteiger charge is -2.21. The van der Waals surface area contributed by atoms with Crippen LogP contribution in [0.5, 0.6) is 5.75 Å². The van der Waals surface area contributed by atoms with E-state index in [0.717, 1.165) is 0 Å². The van der Waals surface area contributed by atoms with Crippen molar-refractivity contribution in [3.05, 3.63) is 24.3 Å². The van der Waals surface area contributed by atoms with Gasteiger partial charge < -0.3 is 9.84 Å². The predicted molar refractivity (Wildman–Crippen MR) is 71.3 cm³/mol. The van der Waals surface area contributed by atoms with Gasteiger partial charge in [0.1, 0.15) is 5.75 Å². The Labute approximate surface area is 108 Å². The first-order valence-corrected chi connectivity index (χ1v) is 7.19. The normalized spacial score (nSPS) is 12.2. The number of rotatable bonds is 6. The summed E-state index contributed by atoms with van der Waals surface area (Å²) in [6.45, 7) is 3.20. The third-order valence-corrected chi connectivity index (χ3v) is 4.06. The molecule has 6 heteroatoms. The van der Waals surface area contributed by atoms with Crippen LogP contribution in [0.3, 0.4) is 0 Å². The monoisotopic (exact) mass is 273 g/mol. The summed E-state index contributed by atoms with van der Waals surface area (Å²) in [7, 11) is -1.98. The summed E-state index contributed by atoms with van der Waals surface area (Å²) in [4.78, 5) is 0. The van der Waals surface area contributed by atoms with E-state index in [1.54, 1.807) is 38.1 Å². The summed E-state index contributed by atoms with van der Waals surface area (Å²) >= 11 is 0. The van der Waals surface area contributed by atoms with Gasteiger partial charge in [-0.3, -0.25) is 4.72 Å². The fourth-order valence-corrected chi connectivity index (χ4v) is 3.14. The summed E-state index contributed by atoms with van der Waals surface area (Å²) in [6.07, 6.45) is 0. The number of sulfonamides is 1. The molecule has 0 unspecified atom stereocenters. The van der Waals surface area contributed by atoms with Crippen LogP contribution in [0.25, 0.3) is 0 Å². The van der Waals surface area contributed by atoms with Crippen molar-refractivity contribution < 1.29 is 18.3 Å². The quantitative estimate of drug-likeness (QED) is 0.822. The van der Waals surface area contributed by atoms with Crippen LogP contribution in [0.1, 0.15) is 13.8 Å². The Morgan fingerprint density at radius 1 is 1.39 bits per heavy atom. The van der Waals surface area contributed by atoms with Gasteiger partial charge in [0.25, 0.3) is 0 Å². The van der Waals surface area contributed by atoms with Gasteiger partial charge in [0.2, 0.25) is 10.0 Å². The molecule has 0 spiro atoms. The number of hydrogen-bond acceptors (Lipinski definition) is 4. The van der Waals surface area contributed by atoms with Crippen LogP contribution >= 0.6 is 0 Å². The van der Waals surface area contributed by atoms with Crippen LogP contribution in [-0.4, -0.2) is 33.0 Å². The first kappa shape index (κ1) is 14.8. The molecule has 0 aromatic heterocycles. The van der Waals surface area contributed by atoms with Gasteiger partial charge in [-0.1, -0.05) is 19.9 Å².